The molecule has 4 amide bonds. The standard InChI is InChI=1S/C16H19N3O4/c1-4-9-17-13(20)10-19-14(21)16(2,18-15(19)22)11-5-7-12(23-3)8-6-11/h4-8H,1,9-10H2,2-3H3,(H,17,20)(H,18,22)/t16-/m1/s1. The molecule has 2 N–H and O–H groups in total. The van der Waals surface area contributed by atoms with Gasteiger partial charge >= 0.3 is 6.03 Å². The Balaban J connectivity index is 2.18. The van der Waals surface area contributed by atoms with Gasteiger partial charge in [0.05, 0.1) is 7.11 Å². The van der Waals surface area contributed by atoms with Gasteiger partial charge < -0.3 is 15.4 Å². The number of ether oxygens (including phenoxy) is 1. The maximum Gasteiger partial charge on any atom is 0.325 e. The fourth-order valence-electron chi connectivity index (χ4n) is 2.35. The number of nitrogens with zero attached hydrogens (tertiary/aromatic N) is 1. The Morgan fingerprint density at radius 1 is 1.39 bits per heavy atom. The molecule has 23 heavy (non-hydrogen) atoms. The van der Waals surface area contributed by atoms with Crippen LogP contribution in [-0.2, 0) is 15.1 Å². The summed E-state index contributed by atoms with van der Waals surface area (Å²) in [7, 11) is 1.54. The van der Waals surface area contributed by atoms with Crippen molar-refractivity contribution in [3.05, 3.63) is 42.5 Å². The number of nitrogens with one attached hydrogen (secondary N) is 2. The van der Waals surface area contributed by atoms with Gasteiger partial charge in [-0.3, -0.25) is 14.5 Å². The first-order valence-corrected chi connectivity index (χ1v) is 7.08. The van der Waals surface area contributed by atoms with Crippen LogP contribution in [0.3, 0.4) is 0 Å². The zero-order chi connectivity index (χ0) is 17.0. The van der Waals surface area contributed by atoms with Gasteiger partial charge in [-0.15, -0.1) is 6.58 Å². The largest absolute Gasteiger partial charge is 0.497 e. The highest BCUT2D eigenvalue weighted by molar-refractivity contribution is 6.09. The summed E-state index contributed by atoms with van der Waals surface area (Å²) in [6, 6.07) is 6.23. The molecule has 0 bridgehead atoms. The van der Waals surface area contributed by atoms with Crippen LogP contribution in [0.4, 0.5) is 4.79 Å². The molecule has 1 fully saturated rings. The van der Waals surface area contributed by atoms with Crippen molar-refractivity contribution < 1.29 is 19.1 Å². The van der Waals surface area contributed by atoms with Crippen LogP contribution in [0.2, 0.25) is 0 Å². The molecular weight excluding hydrogens is 298 g/mol. The second-order valence-corrected chi connectivity index (χ2v) is 5.27. The molecule has 0 saturated carbocycles. The topological polar surface area (TPSA) is 87.7 Å². The summed E-state index contributed by atoms with van der Waals surface area (Å²) >= 11 is 0. The van der Waals surface area contributed by atoms with Crippen molar-refractivity contribution in [1.29, 1.82) is 0 Å². The lowest BCUT2D eigenvalue weighted by Gasteiger charge is -2.22. The van der Waals surface area contributed by atoms with Gasteiger partial charge in [-0.05, 0) is 24.6 Å². The van der Waals surface area contributed by atoms with Crippen LogP contribution in [-0.4, -0.2) is 42.9 Å². The van der Waals surface area contributed by atoms with Gasteiger partial charge in [-0.2, -0.15) is 0 Å². The number of benzene rings is 1. The van der Waals surface area contributed by atoms with Gasteiger partial charge in [-0.1, -0.05) is 18.2 Å². The molecule has 1 aliphatic heterocycles. The van der Waals surface area contributed by atoms with E-state index in [1.165, 1.54) is 6.08 Å². The summed E-state index contributed by atoms with van der Waals surface area (Å²) in [6.45, 7) is 5.04. The number of urea groups is 1. The van der Waals surface area contributed by atoms with E-state index in [2.05, 4.69) is 17.2 Å². The lowest BCUT2D eigenvalue weighted by molar-refractivity contribution is -0.134. The maximum atomic E-state index is 12.6. The van der Waals surface area contributed by atoms with Crippen LogP contribution in [0.25, 0.3) is 0 Å². The average Bonchev–Trinajstić information content (AvgIpc) is 2.77. The summed E-state index contributed by atoms with van der Waals surface area (Å²) in [4.78, 5) is 37.3. The number of amides is 4. The zero-order valence-electron chi connectivity index (χ0n) is 13.1. The minimum absolute atomic E-state index is 0.276. The second kappa shape index (κ2) is 6.51. The second-order valence-electron chi connectivity index (χ2n) is 5.27. The van der Waals surface area contributed by atoms with E-state index in [0.29, 0.717) is 11.3 Å². The van der Waals surface area contributed by atoms with E-state index >= 15 is 0 Å². The molecular formula is C16H19N3O4. The fourth-order valence-corrected chi connectivity index (χ4v) is 2.35. The number of methoxy groups -OCH3 is 1. The monoisotopic (exact) mass is 317 g/mol. The van der Waals surface area contributed by atoms with Gasteiger partial charge in [0.25, 0.3) is 5.91 Å². The maximum absolute atomic E-state index is 12.6. The van der Waals surface area contributed by atoms with E-state index in [4.69, 9.17) is 4.74 Å². The number of carbonyl (C=O) groups is 3. The van der Waals surface area contributed by atoms with E-state index in [9.17, 15) is 14.4 Å². The van der Waals surface area contributed by atoms with Crippen molar-refractivity contribution in [2.75, 3.05) is 20.2 Å². The Labute approximate surface area is 134 Å². The molecule has 1 aromatic rings. The van der Waals surface area contributed by atoms with Gasteiger partial charge in [0, 0.05) is 6.54 Å². The molecule has 1 aromatic carbocycles. The predicted octanol–water partition coefficient (Wildman–Crippen LogP) is 0.764. The number of rotatable bonds is 6. The third-order valence-corrected chi connectivity index (χ3v) is 3.69. The summed E-state index contributed by atoms with van der Waals surface area (Å²) in [6.07, 6.45) is 1.52. The molecule has 0 aliphatic carbocycles. The van der Waals surface area contributed by atoms with Crippen LogP contribution in [0, 0.1) is 0 Å². The summed E-state index contributed by atoms with van der Waals surface area (Å²) < 4.78 is 5.08. The Morgan fingerprint density at radius 2 is 2.04 bits per heavy atom. The van der Waals surface area contributed by atoms with E-state index < -0.39 is 23.4 Å². The van der Waals surface area contributed by atoms with Crippen LogP contribution < -0.4 is 15.4 Å². The lowest BCUT2D eigenvalue weighted by Crippen LogP contribution is -2.43. The van der Waals surface area contributed by atoms with E-state index in [-0.39, 0.29) is 13.1 Å². The minimum Gasteiger partial charge on any atom is -0.497 e. The summed E-state index contributed by atoms with van der Waals surface area (Å²) in [5.41, 5.74) is -0.590. The third-order valence-electron chi connectivity index (χ3n) is 3.69. The van der Waals surface area contributed by atoms with E-state index in [0.717, 1.165) is 4.90 Å². The van der Waals surface area contributed by atoms with Crippen LogP contribution in [0.1, 0.15) is 12.5 Å². The highest BCUT2D eigenvalue weighted by Crippen LogP contribution is 2.29. The molecule has 0 unspecified atom stereocenters. The smallest absolute Gasteiger partial charge is 0.325 e. The molecule has 0 aromatic heterocycles. The molecule has 0 radical (unpaired) electrons. The van der Waals surface area contributed by atoms with Gasteiger partial charge in [0.2, 0.25) is 5.91 Å². The molecule has 1 saturated heterocycles. The fraction of sp³-hybridized carbons (Fsp3) is 0.312. The SMILES string of the molecule is C=CCNC(=O)CN1C(=O)N[C@](C)(c2ccc(OC)cc2)C1=O. The highest BCUT2D eigenvalue weighted by Gasteiger charge is 2.49. The first-order valence-electron chi connectivity index (χ1n) is 7.08. The lowest BCUT2D eigenvalue weighted by atomic mass is 9.92. The van der Waals surface area contributed by atoms with Crippen molar-refractivity contribution >= 4 is 17.8 Å². The van der Waals surface area contributed by atoms with Crippen molar-refractivity contribution in [3.8, 4) is 5.75 Å². The number of carbonyl (C=O) groups excluding carboxylic acids is 3. The van der Waals surface area contributed by atoms with Gasteiger partial charge in [-0.25, -0.2) is 4.79 Å². The first kappa shape index (κ1) is 16.5. The molecule has 1 aliphatic rings. The molecule has 2 rings (SSSR count). The Hall–Kier alpha value is -2.83. The van der Waals surface area contributed by atoms with E-state index in [1.807, 2.05) is 0 Å². The van der Waals surface area contributed by atoms with Crippen molar-refractivity contribution in [2.45, 2.75) is 12.5 Å². The summed E-state index contributed by atoms with van der Waals surface area (Å²) in [5, 5.41) is 5.18. The van der Waals surface area contributed by atoms with Crippen LogP contribution in [0.5, 0.6) is 5.75 Å². The number of hydrogen-bond donors (Lipinski definition) is 2. The average molecular weight is 317 g/mol. The van der Waals surface area contributed by atoms with E-state index in [1.54, 1.807) is 38.3 Å². The molecule has 1 heterocycles. The third kappa shape index (κ3) is 3.18. The quantitative estimate of drug-likeness (QED) is 0.599. The Kier molecular flexibility index (Phi) is 4.68. The molecule has 1 atom stereocenters. The minimum atomic E-state index is -1.21. The van der Waals surface area contributed by atoms with Crippen LogP contribution in [0.15, 0.2) is 36.9 Å². The Morgan fingerprint density at radius 3 is 2.61 bits per heavy atom. The zero-order valence-corrected chi connectivity index (χ0v) is 13.1. The molecule has 0 spiro atoms. The van der Waals surface area contributed by atoms with Crippen molar-refractivity contribution in [3.63, 3.8) is 0 Å². The molecule has 7 heteroatoms. The number of hydrogen-bond acceptors (Lipinski definition) is 4. The van der Waals surface area contributed by atoms with Gasteiger partial charge in [0.15, 0.2) is 0 Å². The van der Waals surface area contributed by atoms with Gasteiger partial charge in [0.1, 0.15) is 17.8 Å². The predicted molar refractivity (Wildman–Crippen MR) is 83.8 cm³/mol. The first-order chi connectivity index (χ1) is 10.9. The normalized spacial score (nSPS) is 20.2. The molecule has 7 nitrogen and oxygen atoms in total. The summed E-state index contributed by atoms with van der Waals surface area (Å²) in [5.74, 6) is -0.247. The molecule has 122 valence electrons. The Bertz CT molecular complexity index is 641. The van der Waals surface area contributed by atoms with Crippen molar-refractivity contribution in [2.24, 2.45) is 0 Å². The highest BCUT2D eigenvalue weighted by atomic mass is 16.5. The van der Waals surface area contributed by atoms with Crippen molar-refractivity contribution in [1.82, 2.24) is 15.5 Å². The van der Waals surface area contributed by atoms with Crippen LogP contribution >= 0.6 is 0 Å². The number of imide groups is 1.